The summed E-state index contributed by atoms with van der Waals surface area (Å²) in [6, 6.07) is 0. The predicted molar refractivity (Wildman–Crippen MR) is 173 cm³/mol. The van der Waals surface area contributed by atoms with Crippen LogP contribution in [0.1, 0.15) is 220 Å². The Morgan fingerprint density at radius 3 is 0.711 bits per heavy atom. The summed E-state index contributed by atoms with van der Waals surface area (Å²) in [7, 11) is 0. The Morgan fingerprint density at radius 2 is 0.500 bits per heavy atom. The molecular formula is C37H74O. The third kappa shape index (κ3) is 24.7. The van der Waals surface area contributed by atoms with Crippen molar-refractivity contribution in [3.05, 3.63) is 0 Å². The van der Waals surface area contributed by atoms with Gasteiger partial charge in [-0.1, -0.05) is 195 Å². The fourth-order valence-corrected chi connectivity index (χ4v) is 6.23. The molecule has 0 fully saturated rings. The summed E-state index contributed by atoms with van der Waals surface area (Å²) in [5, 5.41) is 0. The smallest absolute Gasteiger partial charge is 0.139 e. The molecule has 0 spiro atoms. The zero-order valence-electron chi connectivity index (χ0n) is 27.3. The van der Waals surface area contributed by atoms with Crippen molar-refractivity contribution in [2.75, 3.05) is 0 Å². The fourth-order valence-electron chi connectivity index (χ4n) is 6.23. The maximum absolute atomic E-state index is 14.0. The lowest BCUT2D eigenvalue weighted by molar-refractivity contribution is -0.128. The molecule has 0 N–H and O–H groups in total. The standard InChI is InChI=1S/C37H74O/c1-5-9-13-17-19-21-25-29-33-35(31-27-23-15-11-7-3)37(38)36(32-28-24-16-12-8-4)34-30-26-22-20-18-14-10-6-2/h35-36H,5-34H2,1-4H3. The highest BCUT2D eigenvalue weighted by molar-refractivity contribution is 5.83. The summed E-state index contributed by atoms with van der Waals surface area (Å²) in [4.78, 5) is 14.0. The minimum Gasteiger partial charge on any atom is -0.299 e. The molecule has 2 unspecified atom stereocenters. The Kier molecular flexibility index (Phi) is 30.9. The minimum absolute atomic E-state index is 0.353. The predicted octanol–water partition coefficient (Wildman–Crippen LogP) is 13.6. The van der Waals surface area contributed by atoms with Gasteiger partial charge in [0.15, 0.2) is 0 Å². The number of hydrogen-bond acceptors (Lipinski definition) is 1. The monoisotopic (exact) mass is 535 g/mol. The molecule has 1 heteroatoms. The number of carbonyl (C=O) groups excluding carboxylic acids is 1. The largest absolute Gasteiger partial charge is 0.299 e. The van der Waals surface area contributed by atoms with Gasteiger partial charge in [-0.15, -0.1) is 0 Å². The molecule has 0 heterocycles. The lowest BCUT2D eigenvalue weighted by atomic mass is 9.80. The van der Waals surface area contributed by atoms with Crippen LogP contribution in [-0.4, -0.2) is 5.78 Å². The van der Waals surface area contributed by atoms with Crippen molar-refractivity contribution in [3.8, 4) is 0 Å². The van der Waals surface area contributed by atoms with Crippen molar-refractivity contribution in [2.24, 2.45) is 11.8 Å². The lowest BCUT2D eigenvalue weighted by Crippen LogP contribution is -2.24. The Hall–Kier alpha value is -0.330. The highest BCUT2D eigenvalue weighted by atomic mass is 16.1. The van der Waals surface area contributed by atoms with Crippen LogP contribution in [0.15, 0.2) is 0 Å². The van der Waals surface area contributed by atoms with Crippen LogP contribution in [-0.2, 0) is 4.79 Å². The van der Waals surface area contributed by atoms with E-state index in [-0.39, 0.29) is 0 Å². The van der Waals surface area contributed by atoms with Crippen molar-refractivity contribution in [2.45, 2.75) is 220 Å². The molecule has 38 heavy (non-hydrogen) atoms. The van der Waals surface area contributed by atoms with Crippen LogP contribution in [0.3, 0.4) is 0 Å². The van der Waals surface area contributed by atoms with Crippen molar-refractivity contribution >= 4 is 5.78 Å². The SMILES string of the molecule is CCCCCCCCCCC(CCCCCCC)C(=O)C(CCCCCCC)CCCCCCCCCC. The Balaban J connectivity index is 4.76. The average Bonchev–Trinajstić information content (AvgIpc) is 2.93. The van der Waals surface area contributed by atoms with E-state index >= 15 is 0 Å². The van der Waals surface area contributed by atoms with E-state index in [4.69, 9.17) is 0 Å². The van der Waals surface area contributed by atoms with E-state index in [1.165, 1.54) is 193 Å². The van der Waals surface area contributed by atoms with E-state index in [1.54, 1.807) is 0 Å². The molecule has 0 radical (unpaired) electrons. The molecule has 0 aliphatic rings. The fraction of sp³-hybridized carbons (Fsp3) is 0.973. The zero-order valence-corrected chi connectivity index (χ0v) is 27.3. The quantitative estimate of drug-likeness (QED) is 0.0784. The van der Waals surface area contributed by atoms with Crippen molar-refractivity contribution < 1.29 is 4.79 Å². The number of hydrogen-bond donors (Lipinski definition) is 0. The first-order chi connectivity index (χ1) is 18.7. The molecule has 0 rings (SSSR count). The van der Waals surface area contributed by atoms with Crippen molar-refractivity contribution in [1.82, 2.24) is 0 Å². The summed E-state index contributed by atoms with van der Waals surface area (Å²) < 4.78 is 0. The van der Waals surface area contributed by atoms with Gasteiger partial charge in [0.05, 0.1) is 0 Å². The lowest BCUT2D eigenvalue weighted by Gasteiger charge is -2.23. The molecular weight excluding hydrogens is 460 g/mol. The summed E-state index contributed by atoms with van der Waals surface area (Å²) in [5.41, 5.74) is 0. The highest BCUT2D eigenvalue weighted by Gasteiger charge is 2.25. The minimum atomic E-state index is 0.353. The van der Waals surface area contributed by atoms with Gasteiger partial charge < -0.3 is 0 Å². The van der Waals surface area contributed by atoms with Gasteiger partial charge in [-0.05, 0) is 25.7 Å². The molecule has 1 nitrogen and oxygen atoms in total. The first-order valence-electron chi connectivity index (χ1n) is 18.2. The van der Waals surface area contributed by atoms with E-state index in [1.807, 2.05) is 0 Å². The third-order valence-corrected chi connectivity index (χ3v) is 8.93. The molecule has 0 aromatic rings. The Bertz CT molecular complexity index is 416. The summed E-state index contributed by atoms with van der Waals surface area (Å²) >= 11 is 0. The van der Waals surface area contributed by atoms with E-state index in [0.717, 1.165) is 0 Å². The van der Waals surface area contributed by atoms with Gasteiger partial charge in [0.1, 0.15) is 5.78 Å². The molecule has 0 saturated carbocycles. The van der Waals surface area contributed by atoms with Crippen LogP contribution in [0.4, 0.5) is 0 Å². The van der Waals surface area contributed by atoms with Crippen LogP contribution >= 0.6 is 0 Å². The normalized spacial score (nSPS) is 13.2. The third-order valence-electron chi connectivity index (χ3n) is 8.93. The molecule has 0 aliphatic carbocycles. The highest BCUT2D eigenvalue weighted by Crippen LogP contribution is 2.28. The molecule has 0 bridgehead atoms. The van der Waals surface area contributed by atoms with E-state index in [2.05, 4.69) is 27.7 Å². The van der Waals surface area contributed by atoms with Crippen LogP contribution in [0.25, 0.3) is 0 Å². The summed E-state index contributed by atoms with van der Waals surface area (Å²) in [5.74, 6) is 1.39. The van der Waals surface area contributed by atoms with Gasteiger partial charge in [0.25, 0.3) is 0 Å². The first-order valence-corrected chi connectivity index (χ1v) is 18.2. The van der Waals surface area contributed by atoms with Crippen molar-refractivity contribution in [3.63, 3.8) is 0 Å². The number of Topliss-reactive ketones (excluding diaryl/α,β-unsaturated/α-hetero) is 1. The van der Waals surface area contributed by atoms with Crippen LogP contribution in [0, 0.1) is 11.8 Å². The van der Waals surface area contributed by atoms with Gasteiger partial charge in [0.2, 0.25) is 0 Å². The van der Waals surface area contributed by atoms with Crippen molar-refractivity contribution in [1.29, 1.82) is 0 Å². The average molecular weight is 535 g/mol. The van der Waals surface area contributed by atoms with Crippen LogP contribution in [0.2, 0.25) is 0 Å². The number of carbonyl (C=O) groups is 1. The van der Waals surface area contributed by atoms with E-state index in [0.29, 0.717) is 17.6 Å². The van der Waals surface area contributed by atoms with Crippen LogP contribution < -0.4 is 0 Å². The van der Waals surface area contributed by atoms with Gasteiger partial charge in [-0.25, -0.2) is 0 Å². The van der Waals surface area contributed by atoms with Gasteiger partial charge in [-0.2, -0.15) is 0 Å². The first kappa shape index (κ1) is 37.7. The summed E-state index contributed by atoms with van der Waals surface area (Å²) in [6.45, 7) is 9.19. The molecule has 0 saturated heterocycles. The number of rotatable bonds is 32. The number of unbranched alkanes of at least 4 members (excludes halogenated alkanes) is 22. The Labute approximate surface area is 242 Å². The molecule has 2 atom stereocenters. The van der Waals surface area contributed by atoms with Gasteiger partial charge in [-0.3, -0.25) is 4.79 Å². The molecule has 0 aliphatic heterocycles. The topological polar surface area (TPSA) is 17.1 Å². The molecule has 0 amide bonds. The number of ketones is 1. The Morgan fingerprint density at radius 1 is 0.316 bits per heavy atom. The second-order valence-corrected chi connectivity index (χ2v) is 12.7. The van der Waals surface area contributed by atoms with E-state index < -0.39 is 0 Å². The second kappa shape index (κ2) is 31.2. The maximum atomic E-state index is 14.0. The van der Waals surface area contributed by atoms with Gasteiger partial charge >= 0.3 is 0 Å². The van der Waals surface area contributed by atoms with Crippen LogP contribution in [0.5, 0.6) is 0 Å². The van der Waals surface area contributed by atoms with Gasteiger partial charge in [0, 0.05) is 11.8 Å². The molecule has 0 aromatic carbocycles. The second-order valence-electron chi connectivity index (χ2n) is 12.7. The molecule has 228 valence electrons. The maximum Gasteiger partial charge on any atom is 0.139 e. The van der Waals surface area contributed by atoms with E-state index in [9.17, 15) is 4.79 Å². The zero-order chi connectivity index (χ0) is 27.9. The summed E-state index contributed by atoms with van der Waals surface area (Å²) in [6.07, 6.45) is 39.8. The molecule has 0 aromatic heterocycles.